The Morgan fingerprint density at radius 3 is 1.96 bits per heavy atom. The van der Waals surface area contributed by atoms with E-state index in [1.54, 1.807) is 20.8 Å². The predicted molar refractivity (Wildman–Crippen MR) is 87.5 cm³/mol. The summed E-state index contributed by atoms with van der Waals surface area (Å²) in [7, 11) is 0. The number of carbonyl (C=O) groups is 2. The van der Waals surface area contributed by atoms with Gasteiger partial charge < -0.3 is 15.3 Å². The largest absolute Gasteiger partial charge is 0.507 e. The molecule has 3 N–H and O–H groups in total. The number of benzene rings is 2. The van der Waals surface area contributed by atoms with Crippen LogP contribution in [0, 0.1) is 17.0 Å². The lowest BCUT2D eigenvalue weighted by molar-refractivity contribution is -0.145. The average Bonchev–Trinajstić information content (AvgIpc) is 2.47. The molecule has 0 saturated heterocycles. The van der Waals surface area contributed by atoms with Gasteiger partial charge in [0.15, 0.2) is 0 Å². The van der Waals surface area contributed by atoms with Gasteiger partial charge in [0.25, 0.3) is 0 Å². The number of carboxylic acids is 2. The monoisotopic (exact) mass is 352 g/mol. The summed E-state index contributed by atoms with van der Waals surface area (Å²) in [5.41, 5.74) is -0.599. The van der Waals surface area contributed by atoms with E-state index in [0.29, 0.717) is 6.07 Å². The van der Waals surface area contributed by atoms with Crippen molar-refractivity contribution in [2.24, 2.45) is 5.41 Å². The van der Waals surface area contributed by atoms with Crippen molar-refractivity contribution in [2.75, 3.05) is 0 Å². The van der Waals surface area contributed by atoms with E-state index in [1.807, 2.05) is 0 Å². The molecule has 2 rings (SSSR count). The van der Waals surface area contributed by atoms with E-state index in [4.69, 9.17) is 10.2 Å². The quantitative estimate of drug-likeness (QED) is 0.755. The highest BCUT2D eigenvalue weighted by atomic mass is 19.1. The molecule has 7 heteroatoms. The van der Waals surface area contributed by atoms with E-state index in [9.17, 15) is 23.5 Å². The lowest BCUT2D eigenvalue weighted by Gasteiger charge is -2.08. The minimum atomic E-state index is -1.32. The number of aromatic carboxylic acids is 1. The molecule has 134 valence electrons. The number of hydrogen-bond acceptors (Lipinski definition) is 3. The number of rotatable bonds is 2. The Morgan fingerprint density at radius 2 is 1.52 bits per heavy atom. The number of aliphatic carboxylic acids is 1. The molecule has 2 aromatic carbocycles. The summed E-state index contributed by atoms with van der Waals surface area (Å²) in [4.78, 5) is 20.9. The number of halogens is 2. The first kappa shape index (κ1) is 20.1. The molecule has 25 heavy (non-hydrogen) atoms. The molecule has 0 unspecified atom stereocenters. The van der Waals surface area contributed by atoms with Crippen LogP contribution in [0.15, 0.2) is 36.4 Å². The normalized spacial score (nSPS) is 10.6. The van der Waals surface area contributed by atoms with E-state index >= 15 is 0 Å². The maximum absolute atomic E-state index is 13.5. The van der Waals surface area contributed by atoms with E-state index in [1.165, 1.54) is 12.1 Å². The second kappa shape index (κ2) is 7.74. The number of carboxylic acid groups (broad SMARTS) is 2. The van der Waals surface area contributed by atoms with Gasteiger partial charge in [0.1, 0.15) is 22.9 Å². The molecular weight excluding hydrogens is 334 g/mol. The van der Waals surface area contributed by atoms with Crippen LogP contribution in [0.1, 0.15) is 31.1 Å². The van der Waals surface area contributed by atoms with Crippen LogP contribution < -0.4 is 0 Å². The molecule has 0 aliphatic carbocycles. The van der Waals surface area contributed by atoms with Crippen molar-refractivity contribution >= 4 is 11.9 Å². The van der Waals surface area contributed by atoms with Gasteiger partial charge >= 0.3 is 11.9 Å². The Bertz CT molecular complexity index is 795. The first-order valence-electron chi connectivity index (χ1n) is 7.18. The van der Waals surface area contributed by atoms with Crippen LogP contribution in [0.25, 0.3) is 11.1 Å². The predicted octanol–water partition coefficient (Wildman–Crippen LogP) is 4.15. The van der Waals surface area contributed by atoms with Gasteiger partial charge in [-0.1, -0.05) is 6.07 Å². The van der Waals surface area contributed by atoms with Crippen LogP contribution in [0.4, 0.5) is 8.78 Å². The summed E-state index contributed by atoms with van der Waals surface area (Å²) in [5, 5.41) is 26.4. The van der Waals surface area contributed by atoms with Crippen molar-refractivity contribution in [3.63, 3.8) is 0 Å². The minimum Gasteiger partial charge on any atom is -0.507 e. The van der Waals surface area contributed by atoms with Crippen molar-refractivity contribution in [3.8, 4) is 16.9 Å². The third kappa shape index (κ3) is 5.56. The standard InChI is InChI=1S/C13H8F2O3.C5H10O2/c14-8-2-3-9(11(15)6-8)7-1-4-12(16)10(5-7)13(17)18;1-5(2,3)4(6)7/h1-6,16H,(H,17,18);1-3H3,(H,6,7). The second-order valence-electron chi connectivity index (χ2n) is 6.22. The molecule has 0 saturated carbocycles. The third-order valence-electron chi connectivity index (χ3n) is 3.11. The second-order valence-corrected chi connectivity index (χ2v) is 6.22. The molecule has 0 fully saturated rings. The molecule has 0 atom stereocenters. The van der Waals surface area contributed by atoms with E-state index in [2.05, 4.69) is 0 Å². The Labute approximate surface area is 143 Å². The van der Waals surface area contributed by atoms with E-state index in [-0.39, 0.29) is 16.7 Å². The van der Waals surface area contributed by atoms with Gasteiger partial charge in [-0.2, -0.15) is 0 Å². The number of phenols is 1. The van der Waals surface area contributed by atoms with Crippen LogP contribution in [-0.4, -0.2) is 27.3 Å². The highest BCUT2D eigenvalue weighted by Crippen LogP contribution is 2.28. The zero-order valence-electron chi connectivity index (χ0n) is 13.9. The summed E-state index contributed by atoms with van der Waals surface area (Å²) in [6.07, 6.45) is 0. The van der Waals surface area contributed by atoms with Crippen LogP contribution in [0.2, 0.25) is 0 Å². The number of aromatic hydroxyl groups is 1. The van der Waals surface area contributed by atoms with Crippen molar-refractivity contribution in [1.82, 2.24) is 0 Å². The van der Waals surface area contributed by atoms with Gasteiger partial charge in [-0.15, -0.1) is 0 Å². The Balaban J connectivity index is 0.000000381. The SMILES string of the molecule is CC(C)(C)C(=O)O.O=C(O)c1cc(-c2ccc(F)cc2F)ccc1O. The average molecular weight is 352 g/mol. The molecule has 0 aliphatic rings. The molecule has 0 aromatic heterocycles. The lowest BCUT2D eigenvalue weighted by atomic mass is 9.98. The first-order chi connectivity index (χ1) is 11.4. The Morgan fingerprint density at radius 1 is 0.960 bits per heavy atom. The van der Waals surface area contributed by atoms with E-state index in [0.717, 1.165) is 18.2 Å². The maximum Gasteiger partial charge on any atom is 0.339 e. The van der Waals surface area contributed by atoms with Gasteiger partial charge in [-0.25, -0.2) is 13.6 Å². The van der Waals surface area contributed by atoms with Crippen LogP contribution in [0.5, 0.6) is 5.75 Å². The van der Waals surface area contributed by atoms with Gasteiger partial charge in [-0.05, 0) is 50.6 Å². The molecule has 0 radical (unpaired) electrons. The van der Waals surface area contributed by atoms with Crippen LogP contribution in [0.3, 0.4) is 0 Å². The molecule has 0 heterocycles. The Hall–Kier alpha value is -2.96. The fourth-order valence-electron chi connectivity index (χ4n) is 1.60. The first-order valence-corrected chi connectivity index (χ1v) is 7.18. The van der Waals surface area contributed by atoms with Crippen molar-refractivity contribution in [2.45, 2.75) is 20.8 Å². The zero-order chi connectivity index (χ0) is 19.4. The lowest BCUT2D eigenvalue weighted by Crippen LogP contribution is -2.18. The smallest absolute Gasteiger partial charge is 0.339 e. The summed E-state index contributed by atoms with van der Waals surface area (Å²) in [6.45, 7) is 4.99. The molecular formula is C18H18F2O5. The van der Waals surface area contributed by atoms with Gasteiger partial charge in [0.05, 0.1) is 5.41 Å². The maximum atomic E-state index is 13.5. The van der Waals surface area contributed by atoms with Gasteiger partial charge in [0, 0.05) is 11.6 Å². The van der Waals surface area contributed by atoms with Crippen molar-refractivity contribution in [3.05, 3.63) is 53.6 Å². The molecule has 0 bridgehead atoms. The molecule has 5 nitrogen and oxygen atoms in total. The molecule has 0 spiro atoms. The molecule has 2 aromatic rings. The summed E-state index contributed by atoms with van der Waals surface area (Å²) in [6, 6.07) is 6.64. The van der Waals surface area contributed by atoms with Crippen LogP contribution >= 0.6 is 0 Å². The molecule has 0 amide bonds. The van der Waals surface area contributed by atoms with Gasteiger partial charge in [0.2, 0.25) is 0 Å². The highest BCUT2D eigenvalue weighted by Gasteiger charge is 2.18. The summed E-state index contributed by atoms with van der Waals surface area (Å²) < 4.78 is 26.3. The summed E-state index contributed by atoms with van der Waals surface area (Å²) in [5.74, 6) is -4.00. The van der Waals surface area contributed by atoms with Crippen molar-refractivity contribution < 1.29 is 33.7 Å². The topological polar surface area (TPSA) is 94.8 Å². The van der Waals surface area contributed by atoms with Gasteiger partial charge in [-0.3, -0.25) is 4.79 Å². The Kier molecular flexibility index (Phi) is 6.22. The zero-order valence-corrected chi connectivity index (χ0v) is 13.9. The van der Waals surface area contributed by atoms with Crippen molar-refractivity contribution in [1.29, 1.82) is 0 Å². The molecule has 0 aliphatic heterocycles. The van der Waals surface area contributed by atoms with Crippen LogP contribution in [-0.2, 0) is 4.79 Å². The summed E-state index contributed by atoms with van der Waals surface area (Å²) >= 11 is 0. The highest BCUT2D eigenvalue weighted by molar-refractivity contribution is 5.92. The fourth-order valence-corrected chi connectivity index (χ4v) is 1.60. The fraction of sp³-hybridized carbons (Fsp3) is 0.222. The minimum absolute atomic E-state index is 0.0684. The third-order valence-corrected chi connectivity index (χ3v) is 3.11. The van der Waals surface area contributed by atoms with E-state index < -0.39 is 34.7 Å². The number of hydrogen-bond donors (Lipinski definition) is 3.